The van der Waals surface area contributed by atoms with E-state index in [9.17, 15) is 4.79 Å². The molecule has 4 heteroatoms. The van der Waals surface area contributed by atoms with Crippen molar-refractivity contribution in [1.82, 2.24) is 0 Å². The highest BCUT2D eigenvalue weighted by Crippen LogP contribution is 2.36. The average molecular weight is 349 g/mol. The molecule has 0 amide bonds. The van der Waals surface area contributed by atoms with Gasteiger partial charge in [0.1, 0.15) is 0 Å². The summed E-state index contributed by atoms with van der Waals surface area (Å²) in [6.07, 6.45) is 3.64. The van der Waals surface area contributed by atoms with Crippen LogP contribution in [-0.2, 0) is 4.43 Å². The van der Waals surface area contributed by atoms with Crippen molar-refractivity contribution >= 4 is 25.2 Å². The summed E-state index contributed by atoms with van der Waals surface area (Å²) in [5, 5.41) is 0.252. The molecule has 1 aromatic rings. The Balaban J connectivity index is 2.58. The fourth-order valence-corrected chi connectivity index (χ4v) is 3.07. The Labute approximate surface area is 146 Å². The molecule has 0 fully saturated rings. The summed E-state index contributed by atoms with van der Waals surface area (Å²) in [4.78, 5) is 12.2. The van der Waals surface area contributed by atoms with E-state index >= 15 is 0 Å². The van der Waals surface area contributed by atoms with Gasteiger partial charge >= 0.3 is 0 Å². The first-order valence-electron chi connectivity index (χ1n) is 7.84. The molecular weight excluding hydrogens is 320 g/mol. The summed E-state index contributed by atoms with van der Waals surface area (Å²) in [5.41, 5.74) is 1.61. The number of benzene rings is 1. The Morgan fingerprint density at radius 2 is 1.83 bits per heavy atom. The lowest BCUT2D eigenvalue weighted by molar-refractivity contribution is 0.108. The molecule has 126 valence electrons. The van der Waals surface area contributed by atoms with Crippen molar-refractivity contribution in [3.63, 3.8) is 0 Å². The van der Waals surface area contributed by atoms with Gasteiger partial charge in [0.25, 0.3) is 0 Å². The van der Waals surface area contributed by atoms with E-state index in [1.54, 1.807) is 6.26 Å². The minimum Gasteiger partial charge on any atom is -0.549 e. The molecule has 2 nitrogen and oxygen atoms in total. The fourth-order valence-electron chi connectivity index (χ4n) is 1.48. The maximum atomic E-state index is 12.2. The molecule has 1 aromatic carbocycles. The van der Waals surface area contributed by atoms with Crippen molar-refractivity contribution in [2.45, 2.75) is 51.1 Å². The third kappa shape index (κ3) is 6.03. The first kappa shape index (κ1) is 19.8. The second kappa shape index (κ2) is 8.02. The van der Waals surface area contributed by atoms with Gasteiger partial charge in [-0.1, -0.05) is 69.4 Å². The number of hydrogen-bond donors (Lipinski definition) is 0. The molecule has 0 heterocycles. The number of rotatable bonds is 6. The van der Waals surface area contributed by atoms with Crippen molar-refractivity contribution in [2.75, 3.05) is 0 Å². The SMILES string of the molecule is C=C(/C=C/O[Si](C)(C)C(C)(C)C)C(C)SC(=O)c1ccccc1. The van der Waals surface area contributed by atoms with Gasteiger partial charge in [-0.05, 0) is 36.7 Å². The summed E-state index contributed by atoms with van der Waals surface area (Å²) in [5.74, 6) is 0. The van der Waals surface area contributed by atoms with Crippen LogP contribution in [0, 0.1) is 0 Å². The van der Waals surface area contributed by atoms with Gasteiger partial charge in [0, 0.05) is 10.8 Å². The minimum absolute atomic E-state index is 0.0157. The van der Waals surface area contributed by atoms with E-state index in [1.807, 2.05) is 43.3 Å². The summed E-state index contributed by atoms with van der Waals surface area (Å²) in [7, 11) is -1.79. The summed E-state index contributed by atoms with van der Waals surface area (Å²) in [6, 6.07) is 9.33. The zero-order chi connectivity index (χ0) is 17.7. The molecule has 1 unspecified atom stereocenters. The molecule has 1 atom stereocenters. The van der Waals surface area contributed by atoms with Crippen LogP contribution in [0.2, 0.25) is 18.1 Å². The van der Waals surface area contributed by atoms with Crippen LogP contribution in [0.4, 0.5) is 0 Å². The minimum atomic E-state index is -1.79. The molecule has 0 bridgehead atoms. The quantitative estimate of drug-likeness (QED) is 0.356. The van der Waals surface area contributed by atoms with Gasteiger partial charge in [0.05, 0.1) is 6.26 Å². The monoisotopic (exact) mass is 348 g/mol. The van der Waals surface area contributed by atoms with Crippen LogP contribution in [-0.4, -0.2) is 18.7 Å². The zero-order valence-electron chi connectivity index (χ0n) is 15.1. The molecule has 0 N–H and O–H groups in total. The molecular formula is C19H28O2SSi. The van der Waals surface area contributed by atoms with E-state index in [-0.39, 0.29) is 15.4 Å². The number of carbonyl (C=O) groups is 1. The summed E-state index contributed by atoms with van der Waals surface area (Å²) < 4.78 is 6.01. The molecule has 0 saturated heterocycles. The van der Waals surface area contributed by atoms with Gasteiger partial charge in [-0.25, -0.2) is 0 Å². The van der Waals surface area contributed by atoms with E-state index in [1.165, 1.54) is 11.8 Å². The van der Waals surface area contributed by atoms with Crippen molar-refractivity contribution in [1.29, 1.82) is 0 Å². The first-order valence-corrected chi connectivity index (χ1v) is 11.6. The third-order valence-electron chi connectivity index (χ3n) is 4.27. The topological polar surface area (TPSA) is 26.3 Å². The lowest BCUT2D eigenvalue weighted by Gasteiger charge is -2.35. The predicted molar refractivity (Wildman–Crippen MR) is 104 cm³/mol. The maximum Gasteiger partial charge on any atom is 0.249 e. The van der Waals surface area contributed by atoms with Crippen LogP contribution in [0.3, 0.4) is 0 Å². The van der Waals surface area contributed by atoms with E-state index in [2.05, 4.69) is 40.4 Å². The van der Waals surface area contributed by atoms with Gasteiger partial charge in [0.2, 0.25) is 13.4 Å². The van der Waals surface area contributed by atoms with Crippen LogP contribution >= 0.6 is 11.8 Å². The van der Waals surface area contributed by atoms with Crippen LogP contribution < -0.4 is 0 Å². The van der Waals surface area contributed by atoms with Crippen LogP contribution in [0.5, 0.6) is 0 Å². The largest absolute Gasteiger partial charge is 0.549 e. The predicted octanol–water partition coefficient (Wildman–Crippen LogP) is 6.04. The normalized spacial score (nSPS) is 13.8. The standard InChI is InChI=1S/C19H28O2SSi/c1-15(13-14-21-23(6,7)19(3,4)5)16(2)22-18(20)17-11-9-8-10-12-17/h8-14,16H,1H2,2-7H3/b14-13+. The Kier molecular flexibility index (Phi) is 6.90. The van der Waals surface area contributed by atoms with Crippen molar-refractivity contribution in [3.8, 4) is 0 Å². The number of hydrogen-bond acceptors (Lipinski definition) is 3. The van der Waals surface area contributed by atoms with Crippen molar-refractivity contribution in [3.05, 3.63) is 60.4 Å². The Morgan fingerprint density at radius 3 is 2.35 bits per heavy atom. The number of thioether (sulfide) groups is 1. The van der Waals surface area contributed by atoms with Gasteiger partial charge in [-0.3, -0.25) is 4.79 Å². The van der Waals surface area contributed by atoms with Gasteiger partial charge in [0.15, 0.2) is 0 Å². The van der Waals surface area contributed by atoms with E-state index in [4.69, 9.17) is 4.43 Å². The number of carbonyl (C=O) groups excluding carboxylic acids is 1. The lowest BCUT2D eigenvalue weighted by atomic mass is 10.2. The second-order valence-corrected chi connectivity index (χ2v) is 13.2. The molecule has 0 aromatic heterocycles. The van der Waals surface area contributed by atoms with E-state index < -0.39 is 8.32 Å². The summed E-state index contributed by atoms with van der Waals surface area (Å²) >= 11 is 1.29. The highest BCUT2D eigenvalue weighted by atomic mass is 32.2. The van der Waals surface area contributed by atoms with E-state index in [0.717, 1.165) is 11.1 Å². The molecule has 1 rings (SSSR count). The Hall–Kier alpha value is -1.26. The van der Waals surface area contributed by atoms with Gasteiger partial charge < -0.3 is 4.43 Å². The smallest absolute Gasteiger partial charge is 0.249 e. The van der Waals surface area contributed by atoms with Gasteiger partial charge in [-0.2, -0.15) is 0 Å². The van der Waals surface area contributed by atoms with Crippen molar-refractivity contribution < 1.29 is 9.22 Å². The zero-order valence-corrected chi connectivity index (χ0v) is 16.9. The lowest BCUT2D eigenvalue weighted by Crippen LogP contribution is -2.39. The highest BCUT2D eigenvalue weighted by Gasteiger charge is 2.37. The highest BCUT2D eigenvalue weighted by molar-refractivity contribution is 8.14. The Bertz CT molecular complexity index is 571. The molecule has 0 aliphatic heterocycles. The average Bonchev–Trinajstić information content (AvgIpc) is 2.46. The van der Waals surface area contributed by atoms with Crippen LogP contribution in [0.25, 0.3) is 0 Å². The second-order valence-electron chi connectivity index (χ2n) is 7.17. The van der Waals surface area contributed by atoms with Crippen molar-refractivity contribution in [2.24, 2.45) is 0 Å². The first-order chi connectivity index (χ1) is 10.5. The molecule has 0 radical (unpaired) electrons. The molecule has 23 heavy (non-hydrogen) atoms. The third-order valence-corrected chi connectivity index (χ3v) is 9.71. The molecule has 0 aliphatic rings. The fraction of sp³-hybridized carbons (Fsp3) is 0.421. The Morgan fingerprint density at radius 1 is 1.26 bits per heavy atom. The maximum absolute atomic E-state index is 12.2. The molecule has 0 spiro atoms. The van der Waals surface area contributed by atoms with Crippen LogP contribution in [0.1, 0.15) is 38.1 Å². The van der Waals surface area contributed by atoms with Crippen LogP contribution in [0.15, 0.2) is 54.8 Å². The molecule has 0 saturated carbocycles. The van der Waals surface area contributed by atoms with Gasteiger partial charge in [-0.15, -0.1) is 0 Å². The molecule has 0 aliphatic carbocycles. The van der Waals surface area contributed by atoms with E-state index in [0.29, 0.717) is 0 Å². The summed E-state index contributed by atoms with van der Waals surface area (Å²) in [6.45, 7) is 17.1. The number of allylic oxidation sites excluding steroid dienone is 1.